The van der Waals surface area contributed by atoms with Gasteiger partial charge < -0.3 is 5.53 Å². The molecule has 0 radical (unpaired) electrons. The van der Waals surface area contributed by atoms with Crippen molar-refractivity contribution in [3.05, 3.63) is 40.4 Å². The number of hydrogen-bond acceptors (Lipinski definition) is 0. The van der Waals surface area contributed by atoms with Crippen molar-refractivity contribution in [3.8, 4) is 0 Å². The van der Waals surface area contributed by atoms with Gasteiger partial charge in [0.1, 0.15) is 0 Å². The number of nitrogens with zero attached hydrogens (tertiary/aromatic N) is 2. The van der Waals surface area contributed by atoms with Crippen LogP contribution in [-0.4, -0.2) is 11.0 Å². The highest BCUT2D eigenvalue weighted by atomic mass is 14.8. The Bertz CT molecular complexity index is 309. The lowest BCUT2D eigenvalue weighted by Gasteiger charge is -1.98. The molecular weight excluding hydrogens is 136 g/mol. The van der Waals surface area contributed by atoms with Gasteiger partial charge in [0.2, 0.25) is 0 Å². The molecule has 0 saturated carbocycles. The number of rotatable bonds is 1. The van der Waals surface area contributed by atoms with Gasteiger partial charge in [0.15, 0.2) is 0 Å². The van der Waals surface area contributed by atoms with Gasteiger partial charge in [-0.25, -0.2) is 0 Å². The zero-order chi connectivity index (χ0) is 8.27. The third-order valence-corrected chi connectivity index (χ3v) is 1.84. The summed E-state index contributed by atoms with van der Waals surface area (Å²) in [6, 6.07) is 5.89. The molecule has 1 aromatic rings. The van der Waals surface area contributed by atoms with Crippen molar-refractivity contribution in [2.24, 2.45) is 0 Å². The van der Waals surface area contributed by atoms with E-state index in [-0.39, 0.29) is 0 Å². The minimum atomic E-state index is 0.965. The molecule has 1 rings (SSSR count). The SMILES string of the molecule is Cc1cccc(C=[N+]=[N-])c1C. The second-order valence-electron chi connectivity index (χ2n) is 2.53. The molecule has 0 atom stereocenters. The number of aryl methyl sites for hydroxylation is 1. The predicted molar refractivity (Wildman–Crippen MR) is 44.7 cm³/mol. The van der Waals surface area contributed by atoms with Crippen molar-refractivity contribution in [2.75, 3.05) is 0 Å². The first-order valence-corrected chi connectivity index (χ1v) is 3.49. The number of hydrogen-bond donors (Lipinski definition) is 0. The molecule has 2 heteroatoms. The molecule has 0 spiro atoms. The quantitative estimate of drug-likeness (QED) is 0.330. The van der Waals surface area contributed by atoms with E-state index in [4.69, 9.17) is 5.53 Å². The van der Waals surface area contributed by atoms with Crippen LogP contribution >= 0.6 is 0 Å². The second kappa shape index (κ2) is 3.13. The van der Waals surface area contributed by atoms with E-state index in [2.05, 4.69) is 4.79 Å². The molecule has 56 valence electrons. The Labute approximate surface area is 66.1 Å². The maximum atomic E-state index is 8.30. The van der Waals surface area contributed by atoms with Crippen LogP contribution in [0.15, 0.2) is 18.2 Å². The molecule has 0 aromatic heterocycles. The highest BCUT2D eigenvalue weighted by molar-refractivity contribution is 5.77. The Morgan fingerprint density at radius 1 is 1.36 bits per heavy atom. The van der Waals surface area contributed by atoms with Crippen LogP contribution in [-0.2, 0) is 0 Å². The van der Waals surface area contributed by atoms with Crippen LogP contribution in [0, 0.1) is 13.8 Å². The molecule has 0 saturated heterocycles. The summed E-state index contributed by atoms with van der Waals surface area (Å²) in [6.07, 6.45) is 1.45. The maximum Gasteiger partial charge on any atom is 0.288 e. The predicted octanol–water partition coefficient (Wildman–Crippen LogP) is 1.95. The van der Waals surface area contributed by atoms with E-state index in [9.17, 15) is 0 Å². The van der Waals surface area contributed by atoms with E-state index < -0.39 is 0 Å². The van der Waals surface area contributed by atoms with Gasteiger partial charge >= 0.3 is 0 Å². The minimum Gasteiger partial charge on any atom is -0.361 e. The zero-order valence-electron chi connectivity index (χ0n) is 6.70. The average molecular weight is 146 g/mol. The molecular formula is C9H10N2. The van der Waals surface area contributed by atoms with Crippen molar-refractivity contribution >= 4 is 6.21 Å². The van der Waals surface area contributed by atoms with Gasteiger partial charge in [-0.05, 0) is 31.0 Å². The summed E-state index contributed by atoms with van der Waals surface area (Å²) in [5, 5.41) is 0. The van der Waals surface area contributed by atoms with Crippen LogP contribution < -0.4 is 0 Å². The minimum absolute atomic E-state index is 0.965. The highest BCUT2D eigenvalue weighted by Gasteiger charge is 1.99. The standard InChI is InChI=1S/C9H10N2/c1-7-4-3-5-9(6-11-10)8(7)2/h3-6H,1-2H3. The molecule has 2 nitrogen and oxygen atoms in total. The van der Waals surface area contributed by atoms with Crippen LogP contribution in [0.2, 0.25) is 0 Å². The third-order valence-electron chi connectivity index (χ3n) is 1.84. The Hall–Kier alpha value is -1.40. The molecule has 0 bridgehead atoms. The van der Waals surface area contributed by atoms with Crippen LogP contribution in [0.25, 0.3) is 5.53 Å². The smallest absolute Gasteiger partial charge is 0.288 e. The van der Waals surface area contributed by atoms with E-state index in [0.717, 1.165) is 11.1 Å². The molecule has 11 heavy (non-hydrogen) atoms. The summed E-state index contributed by atoms with van der Waals surface area (Å²) >= 11 is 0. The molecule has 1 aromatic carbocycles. The molecule has 0 fully saturated rings. The van der Waals surface area contributed by atoms with Crippen molar-refractivity contribution in [3.63, 3.8) is 0 Å². The Balaban J connectivity index is 3.26. The van der Waals surface area contributed by atoms with Crippen LogP contribution in [0.3, 0.4) is 0 Å². The van der Waals surface area contributed by atoms with E-state index in [1.54, 1.807) is 0 Å². The lowest BCUT2D eigenvalue weighted by molar-refractivity contribution is 0.00452. The summed E-state index contributed by atoms with van der Waals surface area (Å²) in [4.78, 5) is 2.98. The van der Waals surface area contributed by atoms with Crippen molar-refractivity contribution in [2.45, 2.75) is 13.8 Å². The summed E-state index contributed by atoms with van der Waals surface area (Å²) in [6.45, 7) is 4.04. The first-order chi connectivity index (χ1) is 5.25. The van der Waals surface area contributed by atoms with E-state index in [1.165, 1.54) is 11.8 Å². The zero-order valence-corrected chi connectivity index (χ0v) is 6.70. The molecule has 0 heterocycles. The highest BCUT2D eigenvalue weighted by Crippen LogP contribution is 2.09. The average Bonchev–Trinajstić information content (AvgIpc) is 1.99. The normalized spacial score (nSPS) is 8.91. The monoisotopic (exact) mass is 146 g/mol. The lowest BCUT2D eigenvalue weighted by Crippen LogP contribution is -1.89. The first-order valence-electron chi connectivity index (χ1n) is 3.49. The third kappa shape index (κ3) is 1.54. The topological polar surface area (TPSA) is 36.4 Å². The van der Waals surface area contributed by atoms with Crippen LogP contribution in [0.4, 0.5) is 0 Å². The maximum absolute atomic E-state index is 8.30. The van der Waals surface area contributed by atoms with Gasteiger partial charge in [0, 0.05) is 0 Å². The van der Waals surface area contributed by atoms with Gasteiger partial charge in [-0.1, -0.05) is 12.1 Å². The lowest BCUT2D eigenvalue weighted by atomic mass is 10.0. The molecule has 0 amide bonds. The van der Waals surface area contributed by atoms with Crippen molar-refractivity contribution < 1.29 is 4.79 Å². The Kier molecular flexibility index (Phi) is 2.19. The number of benzene rings is 1. The molecule has 0 unspecified atom stereocenters. The van der Waals surface area contributed by atoms with E-state index in [1.807, 2.05) is 32.0 Å². The molecule has 0 aliphatic carbocycles. The summed E-state index contributed by atoms with van der Waals surface area (Å²) < 4.78 is 0. The Morgan fingerprint density at radius 2 is 2.09 bits per heavy atom. The fourth-order valence-corrected chi connectivity index (χ4v) is 0.976. The van der Waals surface area contributed by atoms with Gasteiger partial charge in [-0.2, -0.15) is 4.79 Å². The second-order valence-corrected chi connectivity index (χ2v) is 2.53. The van der Waals surface area contributed by atoms with E-state index in [0.29, 0.717) is 0 Å². The summed E-state index contributed by atoms with van der Waals surface area (Å²) in [7, 11) is 0. The van der Waals surface area contributed by atoms with Crippen molar-refractivity contribution in [1.82, 2.24) is 0 Å². The molecule has 0 N–H and O–H groups in total. The van der Waals surface area contributed by atoms with Gasteiger partial charge in [0.05, 0.1) is 5.56 Å². The Morgan fingerprint density at radius 3 is 2.73 bits per heavy atom. The fourth-order valence-electron chi connectivity index (χ4n) is 0.976. The first kappa shape index (κ1) is 7.70. The molecule has 0 aliphatic heterocycles. The van der Waals surface area contributed by atoms with Crippen LogP contribution in [0.1, 0.15) is 16.7 Å². The van der Waals surface area contributed by atoms with Crippen molar-refractivity contribution in [1.29, 1.82) is 0 Å². The van der Waals surface area contributed by atoms with Gasteiger partial charge in [-0.15, -0.1) is 0 Å². The largest absolute Gasteiger partial charge is 0.361 e. The van der Waals surface area contributed by atoms with E-state index >= 15 is 0 Å². The van der Waals surface area contributed by atoms with Gasteiger partial charge in [0.25, 0.3) is 6.21 Å². The molecule has 0 aliphatic rings. The summed E-state index contributed by atoms with van der Waals surface area (Å²) in [5.41, 5.74) is 11.6. The van der Waals surface area contributed by atoms with Gasteiger partial charge in [-0.3, -0.25) is 0 Å². The summed E-state index contributed by atoms with van der Waals surface area (Å²) in [5.74, 6) is 0. The van der Waals surface area contributed by atoms with Crippen LogP contribution in [0.5, 0.6) is 0 Å². The fraction of sp³-hybridized carbons (Fsp3) is 0.222.